The van der Waals surface area contributed by atoms with Crippen LogP contribution in [0.25, 0.3) is 0 Å². The number of hydrogen-bond acceptors (Lipinski definition) is 14. The Morgan fingerprint density at radius 3 is 0.869 bits per heavy atom. The van der Waals surface area contributed by atoms with Crippen molar-refractivity contribution < 1.29 is 66.9 Å². The summed E-state index contributed by atoms with van der Waals surface area (Å²) in [7, 11) is 1.76. The van der Waals surface area contributed by atoms with Gasteiger partial charge < -0.3 is 18.9 Å². The number of allylic oxidation sites excluding steroid dienone is 2. The van der Waals surface area contributed by atoms with Crippen molar-refractivity contribution in [2.24, 2.45) is 53.3 Å². The minimum atomic E-state index is -0.595. The molecule has 0 bridgehead atoms. The lowest BCUT2D eigenvalue weighted by atomic mass is 9.80. The van der Waals surface area contributed by atoms with Crippen LogP contribution in [-0.2, 0) is 66.9 Å². The van der Waals surface area contributed by atoms with Gasteiger partial charge in [0.2, 0.25) is 0 Å². The number of methoxy groups -OCH3 is 1. The van der Waals surface area contributed by atoms with Gasteiger partial charge in [-0.1, -0.05) is 146 Å². The van der Waals surface area contributed by atoms with Crippen LogP contribution in [-0.4, -0.2) is 109 Å². The maximum absolute atomic E-state index is 13.1. The summed E-state index contributed by atoms with van der Waals surface area (Å²) < 4.78 is 23.0. The molecule has 10 fully saturated rings. The molecule has 5 aromatic rings. The Balaban J connectivity index is 0.000000157. The van der Waals surface area contributed by atoms with E-state index in [4.69, 9.17) is 18.9 Å². The fourth-order valence-electron chi connectivity index (χ4n) is 25.4. The molecule has 0 heterocycles. The normalized spacial score (nSPS) is 28.4. The number of carbonyl (C=O) groups is 10. The number of carbonyl (C=O) groups excluding carboxylic acids is 10. The zero-order valence-corrected chi connectivity index (χ0v) is 83.3. The van der Waals surface area contributed by atoms with Crippen molar-refractivity contribution in [1.29, 1.82) is 0 Å². The number of rotatable bonds is 22. The van der Waals surface area contributed by atoms with E-state index in [0.717, 1.165) is 237 Å². The van der Waals surface area contributed by atoms with Gasteiger partial charge in [0.1, 0.15) is 52.7 Å². The van der Waals surface area contributed by atoms with Gasteiger partial charge in [-0.25, -0.2) is 0 Å². The van der Waals surface area contributed by atoms with Gasteiger partial charge in [0, 0.05) is 76.1 Å². The Labute approximate surface area is 780 Å². The second kappa shape index (κ2) is 47.5. The largest absolute Gasteiger partial charge is 0.381 e. The third kappa shape index (κ3) is 26.3. The van der Waals surface area contributed by atoms with Crippen LogP contribution >= 0.6 is 0 Å². The Morgan fingerprint density at radius 1 is 0.315 bits per heavy atom. The first kappa shape index (κ1) is 103. The van der Waals surface area contributed by atoms with Crippen molar-refractivity contribution >= 4 is 57.8 Å². The Morgan fingerprint density at radius 2 is 0.585 bits per heavy atom. The molecule has 0 aromatic heterocycles. The van der Waals surface area contributed by atoms with Crippen molar-refractivity contribution in [3.63, 3.8) is 0 Å². The van der Waals surface area contributed by atoms with E-state index in [0.29, 0.717) is 86.1 Å². The van der Waals surface area contributed by atoms with Crippen molar-refractivity contribution in [2.75, 3.05) is 20.3 Å². The first-order valence-electron chi connectivity index (χ1n) is 50.8. The molecule has 9 atom stereocenters. The molecule has 0 amide bonds. The first-order valence-corrected chi connectivity index (χ1v) is 50.8. The number of ether oxygens (including phenoxy) is 4. The average molecular weight is 1780 g/mol. The molecular weight excluding hydrogens is 1620 g/mol. The fraction of sp³-hybridized carbons (Fsp3) is 0.638. The van der Waals surface area contributed by atoms with E-state index in [2.05, 4.69) is 115 Å². The first-order chi connectivity index (χ1) is 61.9. The summed E-state index contributed by atoms with van der Waals surface area (Å²) in [6, 6.07) is 20.9. The number of aryl methyl sites for hydroxylation is 15. The number of Topliss-reactive ketones (excluding diaryl/α,β-unsaturated/α-hetero) is 10. The third-order valence-corrected chi connectivity index (χ3v) is 31.2. The van der Waals surface area contributed by atoms with Gasteiger partial charge in [0.15, 0.2) is 34.7 Å². The number of ketones is 10. The topological polar surface area (TPSA) is 208 Å². The van der Waals surface area contributed by atoms with Crippen LogP contribution in [0.2, 0.25) is 0 Å². The Hall–Kier alpha value is -7.62. The lowest BCUT2D eigenvalue weighted by molar-refractivity contribution is -0.126. The summed E-state index contributed by atoms with van der Waals surface area (Å²) in [4.78, 5) is 129. The molecule has 10 saturated carbocycles. The van der Waals surface area contributed by atoms with Gasteiger partial charge in [-0.15, -0.1) is 0 Å². The Bertz CT molecular complexity index is 4750. The van der Waals surface area contributed by atoms with Crippen LogP contribution in [0.15, 0.2) is 72.3 Å². The van der Waals surface area contributed by atoms with Crippen molar-refractivity contribution in [1.82, 2.24) is 0 Å². The van der Waals surface area contributed by atoms with Crippen LogP contribution < -0.4 is 0 Å². The van der Waals surface area contributed by atoms with E-state index in [1.165, 1.54) is 72.8 Å². The molecule has 0 spiro atoms. The highest BCUT2D eigenvalue weighted by molar-refractivity contribution is 6.23. The van der Waals surface area contributed by atoms with Crippen molar-refractivity contribution in [2.45, 2.75) is 404 Å². The second-order valence-electron chi connectivity index (χ2n) is 42.4. The summed E-state index contributed by atoms with van der Waals surface area (Å²) in [6.45, 7) is 40.5. The predicted molar refractivity (Wildman–Crippen MR) is 521 cm³/mol. The highest BCUT2D eigenvalue weighted by Crippen LogP contribution is 2.48. The molecule has 0 aliphatic heterocycles. The second-order valence-corrected chi connectivity index (χ2v) is 42.4. The third-order valence-electron chi connectivity index (χ3n) is 31.2. The summed E-state index contributed by atoms with van der Waals surface area (Å²) in [5.41, 5.74) is 22.2. The van der Waals surface area contributed by atoms with Gasteiger partial charge in [-0.2, -0.15) is 0 Å². The molecule has 10 aliphatic carbocycles. The summed E-state index contributed by atoms with van der Waals surface area (Å²) in [5.74, 6) is 1.03. The molecule has 5 aromatic carbocycles. The van der Waals surface area contributed by atoms with Crippen LogP contribution in [0.1, 0.15) is 380 Å². The van der Waals surface area contributed by atoms with E-state index in [-0.39, 0.29) is 87.6 Å². The van der Waals surface area contributed by atoms with Crippen LogP contribution in [0.3, 0.4) is 0 Å². The SMILES string of the molecule is CCCOC1CCC(CC2CC(=O)C(c3c(C)cc(C)cc3C)C2=O)CC1.CCOC1CCC(CC2CC(=O)C(c3c(C)cc(C)cc3C)C2=O)CC1.COC1CCC(/C=C2\CC(=O)C(c3c(C)cc(C)cc3C)C2=O)CC1.Cc1cc(C)c(C2C(=O)CC(CC3CCC(OC(C)C)CC3)C2=O)c(C)c1.Cc1cc(C)c(C2C(=O)CC(CC3CCCCCCC3)C2=O)c(C)c1. The van der Waals surface area contributed by atoms with E-state index < -0.39 is 29.6 Å². The number of benzene rings is 5. The molecule has 9 unspecified atom stereocenters. The lowest BCUT2D eigenvalue weighted by Gasteiger charge is -2.30. The summed E-state index contributed by atoms with van der Waals surface area (Å²) in [6.07, 6.45) is 37.0. The van der Waals surface area contributed by atoms with E-state index in [1.807, 2.05) is 83.1 Å². The highest BCUT2D eigenvalue weighted by atomic mass is 16.5. The zero-order chi connectivity index (χ0) is 94.2. The molecule has 708 valence electrons. The van der Waals surface area contributed by atoms with Crippen LogP contribution in [0, 0.1) is 157 Å². The molecule has 130 heavy (non-hydrogen) atoms. The quantitative estimate of drug-likeness (QED) is 0.0467. The zero-order valence-electron chi connectivity index (χ0n) is 83.3. The summed E-state index contributed by atoms with van der Waals surface area (Å²) in [5, 5.41) is 0. The van der Waals surface area contributed by atoms with Gasteiger partial charge >= 0.3 is 0 Å². The standard InChI is InChI=1S/2C24H34O3.C23H32O3.C23H32O2.C22H28O3/c1-14(2)27-20-8-6-18(7-9-20)12-19-13-21(25)23(24(19)26)22-16(4)10-15(3)11-17(22)5;1-5-10-27-20-8-6-18(7-9-20)13-19-14-21(25)23(24(19)26)22-16(3)11-15(2)12-17(22)4;1-5-26-19-8-6-17(7-9-19)12-18-13-20(24)22(23(18)25)21-15(3)10-14(2)11-16(21)4;1-15-11-16(2)21(17(3)12-15)22-20(24)14-19(23(22)25)13-18-9-7-5-4-6-8-10-18;1-13-9-14(2)20(15(3)10-13)21-19(23)12-17(22(21)24)11-16-5-7-18(25-4)8-6-16/h10-11,14,18-20,23H,6-9,12-13H2,1-5H3;11-12,18-20,23H,5-10,13-14H2,1-4H3;10-11,17-19,22H,5-9,12-13H2,1-4H3;11-12,18-19,22H,4-10,13-14H2,1-3H3;9-11,16,18,21H,5-8,12H2,1-4H3/b;;;;17-11+. The smallest absolute Gasteiger partial charge is 0.173 e. The van der Waals surface area contributed by atoms with E-state index in [9.17, 15) is 47.9 Å². The molecule has 14 nitrogen and oxygen atoms in total. The molecule has 0 radical (unpaired) electrons. The van der Waals surface area contributed by atoms with Gasteiger partial charge in [-0.05, 0) is 378 Å². The predicted octanol–water partition coefficient (Wildman–Crippen LogP) is 25.3. The fourth-order valence-corrected chi connectivity index (χ4v) is 25.4. The molecule has 0 N–H and O–H groups in total. The molecular formula is C116H160O14. The van der Waals surface area contributed by atoms with Crippen LogP contribution in [0.4, 0.5) is 0 Å². The van der Waals surface area contributed by atoms with Gasteiger partial charge in [-0.3, -0.25) is 47.9 Å². The maximum atomic E-state index is 13.1. The Kier molecular flexibility index (Phi) is 37.6. The van der Waals surface area contributed by atoms with Crippen molar-refractivity contribution in [3.8, 4) is 0 Å². The molecule has 15 rings (SSSR count). The van der Waals surface area contributed by atoms with Crippen LogP contribution in [0.5, 0.6) is 0 Å². The monoisotopic (exact) mass is 1780 g/mol. The molecule has 14 heteroatoms. The molecule has 0 saturated heterocycles. The summed E-state index contributed by atoms with van der Waals surface area (Å²) >= 11 is 0. The highest BCUT2D eigenvalue weighted by Gasteiger charge is 2.49. The number of hydrogen-bond donors (Lipinski definition) is 0. The van der Waals surface area contributed by atoms with E-state index in [1.54, 1.807) is 7.11 Å². The maximum Gasteiger partial charge on any atom is 0.173 e. The van der Waals surface area contributed by atoms with Gasteiger partial charge in [0.25, 0.3) is 0 Å². The van der Waals surface area contributed by atoms with Gasteiger partial charge in [0.05, 0.1) is 30.5 Å². The molecule has 10 aliphatic rings. The minimum absolute atomic E-state index is 0.0221. The van der Waals surface area contributed by atoms with Crippen molar-refractivity contribution in [3.05, 3.63) is 184 Å². The van der Waals surface area contributed by atoms with E-state index >= 15 is 0 Å². The minimum Gasteiger partial charge on any atom is -0.381 e. The average Bonchev–Trinajstić information content (AvgIpc) is 1.64. The lowest BCUT2D eigenvalue weighted by Crippen LogP contribution is -2.26.